The molecule has 0 heterocycles. The first-order valence-electron chi connectivity index (χ1n) is 6.97. The molecular weight excluding hydrogens is 214 g/mol. The molecule has 0 aromatic carbocycles. The first-order chi connectivity index (χ1) is 7.48. The van der Waals surface area contributed by atoms with Crippen molar-refractivity contribution in [2.24, 2.45) is 0 Å². The van der Waals surface area contributed by atoms with E-state index < -0.39 is 0 Å². The Bertz CT molecular complexity index is 151. The second-order valence-electron chi connectivity index (χ2n) is 5.86. The average molecular weight is 246 g/mol. The molecule has 0 rings (SSSR count). The maximum Gasteiger partial charge on any atom is 0.132 e. The maximum absolute atomic E-state index is 4.65. The van der Waals surface area contributed by atoms with Crippen molar-refractivity contribution in [1.29, 1.82) is 0 Å². The number of hydrogen-bond acceptors (Lipinski definition) is 1. The van der Waals surface area contributed by atoms with Crippen molar-refractivity contribution in [3.63, 3.8) is 0 Å². The van der Waals surface area contributed by atoms with Crippen molar-refractivity contribution < 1.29 is 4.48 Å². The summed E-state index contributed by atoms with van der Waals surface area (Å²) in [5, 5.41) is 0.500. The number of hydrogen-bond donors (Lipinski definition) is 1. The zero-order chi connectivity index (χ0) is 12.4. The molecule has 1 atom stereocenters. The molecule has 0 fully saturated rings. The molecule has 0 N–H and O–H groups in total. The Balaban J connectivity index is 3.21. The van der Waals surface area contributed by atoms with Gasteiger partial charge >= 0.3 is 0 Å². The number of nitrogens with zero attached hydrogens (tertiary/aromatic N) is 1. The van der Waals surface area contributed by atoms with E-state index in [0.717, 1.165) is 4.48 Å². The molecule has 2 heteroatoms. The Morgan fingerprint density at radius 2 is 1.25 bits per heavy atom. The monoisotopic (exact) mass is 246 g/mol. The normalized spacial score (nSPS) is 14.1. The van der Waals surface area contributed by atoms with Gasteiger partial charge in [-0.3, -0.25) is 0 Å². The van der Waals surface area contributed by atoms with Crippen LogP contribution >= 0.6 is 12.6 Å². The topological polar surface area (TPSA) is 0 Å². The third-order valence-electron chi connectivity index (χ3n) is 3.21. The number of quaternary nitrogens is 1. The van der Waals surface area contributed by atoms with Crippen molar-refractivity contribution in [3.8, 4) is 0 Å². The fourth-order valence-corrected chi connectivity index (χ4v) is 2.03. The van der Waals surface area contributed by atoms with E-state index in [2.05, 4.69) is 40.7 Å². The summed E-state index contributed by atoms with van der Waals surface area (Å²) in [6.45, 7) is 2.28. The molecule has 0 aromatic rings. The highest BCUT2D eigenvalue weighted by Gasteiger charge is 2.17. The summed E-state index contributed by atoms with van der Waals surface area (Å²) in [5.74, 6) is 0. The van der Waals surface area contributed by atoms with Gasteiger partial charge in [-0.05, 0) is 6.42 Å². The van der Waals surface area contributed by atoms with Gasteiger partial charge in [-0.1, -0.05) is 51.9 Å². The van der Waals surface area contributed by atoms with E-state index in [1.165, 1.54) is 57.8 Å². The van der Waals surface area contributed by atoms with Crippen molar-refractivity contribution in [3.05, 3.63) is 0 Å². The lowest BCUT2D eigenvalue weighted by Gasteiger charge is -2.30. The first kappa shape index (κ1) is 16.3. The van der Waals surface area contributed by atoms with Gasteiger partial charge in [-0.2, -0.15) is 0 Å². The van der Waals surface area contributed by atoms with Gasteiger partial charge < -0.3 is 4.48 Å². The van der Waals surface area contributed by atoms with E-state index in [1.807, 2.05) is 0 Å². The third kappa shape index (κ3) is 9.53. The number of rotatable bonds is 10. The molecule has 1 nitrogen and oxygen atoms in total. The van der Waals surface area contributed by atoms with E-state index in [-0.39, 0.29) is 0 Å². The molecule has 0 aliphatic heterocycles. The molecule has 0 radical (unpaired) electrons. The highest BCUT2D eigenvalue weighted by atomic mass is 32.1. The summed E-state index contributed by atoms with van der Waals surface area (Å²) in [6, 6.07) is 0. The highest BCUT2D eigenvalue weighted by Crippen LogP contribution is 2.16. The molecular formula is C14H32NS+. The molecule has 0 spiro atoms. The lowest BCUT2D eigenvalue weighted by molar-refractivity contribution is -0.880. The molecule has 0 aliphatic rings. The molecule has 0 saturated heterocycles. The zero-order valence-corrected chi connectivity index (χ0v) is 12.7. The fraction of sp³-hybridized carbons (Fsp3) is 1.00. The Kier molecular flexibility index (Phi) is 9.53. The largest absolute Gasteiger partial charge is 0.320 e. The summed E-state index contributed by atoms with van der Waals surface area (Å²) in [6.07, 6.45) is 12.5. The molecule has 0 amide bonds. The summed E-state index contributed by atoms with van der Waals surface area (Å²) in [7, 11) is 6.67. The van der Waals surface area contributed by atoms with Crippen LogP contribution < -0.4 is 0 Å². The second-order valence-corrected chi connectivity index (χ2v) is 6.46. The van der Waals surface area contributed by atoms with Gasteiger partial charge in [-0.25, -0.2) is 0 Å². The van der Waals surface area contributed by atoms with Crippen molar-refractivity contribution in [2.45, 2.75) is 70.1 Å². The Morgan fingerprint density at radius 3 is 1.69 bits per heavy atom. The van der Waals surface area contributed by atoms with Gasteiger partial charge in [0, 0.05) is 6.42 Å². The standard InChI is InChI=1S/C14H31NS/c1-5-6-7-8-9-10-11-12-13-14(16)15(2,3)4/h14H,5-13H2,1-4H3/p+1. The van der Waals surface area contributed by atoms with Gasteiger partial charge in [0.05, 0.1) is 21.1 Å². The lowest BCUT2D eigenvalue weighted by Crippen LogP contribution is -2.41. The van der Waals surface area contributed by atoms with Gasteiger partial charge in [0.1, 0.15) is 5.37 Å². The minimum absolute atomic E-state index is 0.500. The Morgan fingerprint density at radius 1 is 0.812 bits per heavy atom. The smallest absolute Gasteiger partial charge is 0.132 e. The first-order valence-corrected chi connectivity index (χ1v) is 7.49. The van der Waals surface area contributed by atoms with Crippen LogP contribution in [0, 0.1) is 0 Å². The number of thiol groups is 1. The van der Waals surface area contributed by atoms with Crippen LogP contribution in [0.25, 0.3) is 0 Å². The van der Waals surface area contributed by atoms with Crippen LogP contribution in [-0.4, -0.2) is 31.0 Å². The molecule has 1 unspecified atom stereocenters. The van der Waals surface area contributed by atoms with E-state index in [0.29, 0.717) is 5.37 Å². The molecule has 0 bridgehead atoms. The fourth-order valence-electron chi connectivity index (χ4n) is 1.85. The predicted molar refractivity (Wildman–Crippen MR) is 78.0 cm³/mol. The SMILES string of the molecule is CCCCCCCCCCC(S)[N+](C)(C)C. The van der Waals surface area contributed by atoms with E-state index in [1.54, 1.807) is 0 Å². The van der Waals surface area contributed by atoms with Crippen LogP contribution in [0.5, 0.6) is 0 Å². The molecule has 0 saturated carbocycles. The van der Waals surface area contributed by atoms with Gasteiger partial charge in [0.25, 0.3) is 0 Å². The van der Waals surface area contributed by atoms with E-state index in [9.17, 15) is 0 Å². The summed E-state index contributed by atoms with van der Waals surface area (Å²) in [4.78, 5) is 0. The Labute approximate surface area is 109 Å². The van der Waals surface area contributed by atoms with Gasteiger partial charge in [0.2, 0.25) is 0 Å². The lowest BCUT2D eigenvalue weighted by atomic mass is 10.1. The molecule has 98 valence electrons. The van der Waals surface area contributed by atoms with Crippen LogP contribution in [0.4, 0.5) is 0 Å². The highest BCUT2D eigenvalue weighted by molar-refractivity contribution is 7.80. The van der Waals surface area contributed by atoms with Gasteiger partial charge in [0.15, 0.2) is 0 Å². The minimum Gasteiger partial charge on any atom is -0.320 e. The second kappa shape index (κ2) is 9.35. The van der Waals surface area contributed by atoms with E-state index >= 15 is 0 Å². The maximum atomic E-state index is 4.65. The van der Waals surface area contributed by atoms with Crippen LogP contribution in [0.2, 0.25) is 0 Å². The van der Waals surface area contributed by atoms with Crippen molar-refractivity contribution >= 4 is 12.6 Å². The van der Waals surface area contributed by atoms with E-state index in [4.69, 9.17) is 0 Å². The van der Waals surface area contributed by atoms with Crippen molar-refractivity contribution in [1.82, 2.24) is 0 Å². The van der Waals surface area contributed by atoms with Gasteiger partial charge in [-0.15, -0.1) is 12.6 Å². The number of unbranched alkanes of at least 4 members (excludes halogenated alkanes) is 7. The minimum atomic E-state index is 0.500. The molecule has 0 aromatic heterocycles. The van der Waals surface area contributed by atoms with Crippen LogP contribution in [0.3, 0.4) is 0 Å². The Hall–Kier alpha value is 0.310. The summed E-state index contributed by atoms with van der Waals surface area (Å²) in [5.41, 5.74) is 0. The third-order valence-corrected chi connectivity index (χ3v) is 4.16. The summed E-state index contributed by atoms with van der Waals surface area (Å²) < 4.78 is 0.972. The van der Waals surface area contributed by atoms with Crippen LogP contribution in [0.1, 0.15) is 64.7 Å². The van der Waals surface area contributed by atoms with Crippen LogP contribution in [0.15, 0.2) is 0 Å². The zero-order valence-electron chi connectivity index (χ0n) is 11.8. The summed E-state index contributed by atoms with van der Waals surface area (Å²) >= 11 is 4.65. The van der Waals surface area contributed by atoms with Crippen LogP contribution in [-0.2, 0) is 0 Å². The predicted octanol–water partition coefficient (Wildman–Crippen LogP) is 4.48. The van der Waals surface area contributed by atoms with Crippen molar-refractivity contribution in [2.75, 3.05) is 21.1 Å². The average Bonchev–Trinajstić information content (AvgIpc) is 2.20. The molecule has 0 aliphatic carbocycles. The quantitative estimate of drug-likeness (QED) is 0.250. The molecule has 16 heavy (non-hydrogen) atoms.